The highest BCUT2D eigenvalue weighted by atomic mass is 16.1. The lowest BCUT2D eigenvalue weighted by Crippen LogP contribution is -2.45. The van der Waals surface area contributed by atoms with Gasteiger partial charge in [-0.3, -0.25) is 9.69 Å². The monoisotopic (exact) mass is 330 g/mol. The molecule has 0 unspecified atom stereocenters. The van der Waals surface area contributed by atoms with Crippen molar-refractivity contribution in [3.63, 3.8) is 0 Å². The van der Waals surface area contributed by atoms with Crippen molar-refractivity contribution >= 4 is 11.6 Å². The van der Waals surface area contributed by atoms with E-state index in [1.807, 2.05) is 12.1 Å². The fourth-order valence-electron chi connectivity index (χ4n) is 3.54. The van der Waals surface area contributed by atoms with E-state index in [9.17, 15) is 4.79 Å². The maximum atomic E-state index is 12.3. The second-order valence-corrected chi connectivity index (χ2v) is 6.92. The van der Waals surface area contributed by atoms with E-state index in [2.05, 4.69) is 39.5 Å². The number of piperazine rings is 1. The number of piperidine rings is 1. The van der Waals surface area contributed by atoms with Crippen LogP contribution in [0.2, 0.25) is 0 Å². The van der Waals surface area contributed by atoms with Crippen LogP contribution >= 0.6 is 0 Å². The quantitative estimate of drug-likeness (QED) is 0.864. The largest absolute Gasteiger partial charge is 0.326 e. The minimum atomic E-state index is 0.154. The third-order valence-electron chi connectivity index (χ3n) is 5.25. The van der Waals surface area contributed by atoms with Gasteiger partial charge in [-0.15, -0.1) is 0 Å². The Hall–Kier alpha value is -1.43. The second kappa shape index (κ2) is 8.60. The molecule has 0 bridgehead atoms. The summed E-state index contributed by atoms with van der Waals surface area (Å²) in [5, 5.41) is 6.37. The average molecular weight is 330 g/mol. The summed E-state index contributed by atoms with van der Waals surface area (Å²) in [4.78, 5) is 17.3. The van der Waals surface area contributed by atoms with Gasteiger partial charge >= 0.3 is 0 Å². The molecule has 0 radical (unpaired) electrons. The van der Waals surface area contributed by atoms with Crippen molar-refractivity contribution in [3.05, 3.63) is 29.8 Å². The lowest BCUT2D eigenvalue weighted by atomic mass is 9.97. The molecule has 2 fully saturated rings. The summed E-state index contributed by atoms with van der Waals surface area (Å²) in [7, 11) is 0. The third kappa shape index (κ3) is 4.79. The minimum absolute atomic E-state index is 0.154. The molecule has 0 saturated carbocycles. The Kier molecular flexibility index (Phi) is 6.24. The van der Waals surface area contributed by atoms with Gasteiger partial charge in [0.05, 0.1) is 0 Å². The molecule has 3 rings (SSSR count). The molecule has 0 atom stereocenters. The van der Waals surface area contributed by atoms with E-state index in [0.29, 0.717) is 0 Å². The summed E-state index contributed by atoms with van der Waals surface area (Å²) in [6.45, 7) is 10.9. The highest BCUT2D eigenvalue weighted by Gasteiger charge is 2.21. The summed E-state index contributed by atoms with van der Waals surface area (Å²) < 4.78 is 0. The average Bonchev–Trinajstić information content (AvgIpc) is 2.65. The van der Waals surface area contributed by atoms with E-state index in [4.69, 9.17) is 0 Å². The number of likely N-dealkylation sites (N-methyl/N-ethyl adjacent to an activating group) is 1. The zero-order valence-electron chi connectivity index (χ0n) is 14.8. The van der Waals surface area contributed by atoms with Gasteiger partial charge in [-0.1, -0.05) is 19.1 Å². The van der Waals surface area contributed by atoms with Gasteiger partial charge in [0.25, 0.3) is 0 Å². The molecule has 0 aromatic heterocycles. The van der Waals surface area contributed by atoms with Crippen LogP contribution in [0.15, 0.2) is 24.3 Å². The zero-order chi connectivity index (χ0) is 16.8. The zero-order valence-corrected chi connectivity index (χ0v) is 14.8. The first-order valence-corrected chi connectivity index (χ1v) is 9.30. The van der Waals surface area contributed by atoms with Crippen LogP contribution < -0.4 is 10.6 Å². The fraction of sp³-hybridized carbons (Fsp3) is 0.632. The molecule has 2 saturated heterocycles. The van der Waals surface area contributed by atoms with Crippen LogP contribution in [0.4, 0.5) is 5.69 Å². The molecule has 1 amide bonds. The molecule has 2 aliphatic heterocycles. The first-order chi connectivity index (χ1) is 11.7. The van der Waals surface area contributed by atoms with E-state index in [1.165, 1.54) is 18.7 Å². The lowest BCUT2D eigenvalue weighted by molar-refractivity contribution is -0.120. The van der Waals surface area contributed by atoms with Gasteiger partial charge < -0.3 is 15.5 Å². The van der Waals surface area contributed by atoms with Crippen LogP contribution in [-0.2, 0) is 11.3 Å². The number of carbonyl (C=O) groups is 1. The number of carbonyl (C=O) groups excluding carboxylic acids is 1. The number of hydrogen-bond acceptors (Lipinski definition) is 4. The smallest absolute Gasteiger partial charge is 0.227 e. The van der Waals surface area contributed by atoms with Crippen LogP contribution in [0.1, 0.15) is 25.3 Å². The first-order valence-electron chi connectivity index (χ1n) is 9.30. The van der Waals surface area contributed by atoms with Gasteiger partial charge in [-0.25, -0.2) is 0 Å². The summed E-state index contributed by atoms with van der Waals surface area (Å²) in [6, 6.07) is 8.36. The van der Waals surface area contributed by atoms with Gasteiger partial charge in [-0.05, 0) is 50.2 Å². The Morgan fingerprint density at radius 3 is 2.33 bits per heavy atom. The second-order valence-electron chi connectivity index (χ2n) is 6.92. The molecule has 132 valence electrons. The van der Waals surface area contributed by atoms with Gasteiger partial charge in [0.15, 0.2) is 0 Å². The Bertz CT molecular complexity index is 517. The maximum Gasteiger partial charge on any atom is 0.227 e. The number of nitrogens with one attached hydrogen (secondary N) is 2. The molecule has 2 heterocycles. The molecule has 0 aliphatic carbocycles. The van der Waals surface area contributed by atoms with Gasteiger partial charge in [-0.2, -0.15) is 0 Å². The first kappa shape index (κ1) is 17.4. The van der Waals surface area contributed by atoms with Crippen molar-refractivity contribution in [2.75, 3.05) is 51.1 Å². The maximum absolute atomic E-state index is 12.3. The number of nitrogens with zero attached hydrogens (tertiary/aromatic N) is 2. The van der Waals surface area contributed by atoms with Crippen molar-refractivity contribution in [2.45, 2.75) is 26.3 Å². The van der Waals surface area contributed by atoms with Gasteiger partial charge in [0.2, 0.25) is 5.91 Å². The number of hydrogen-bond donors (Lipinski definition) is 2. The van der Waals surface area contributed by atoms with E-state index in [0.717, 1.165) is 57.8 Å². The number of rotatable bonds is 5. The summed E-state index contributed by atoms with van der Waals surface area (Å²) >= 11 is 0. The van der Waals surface area contributed by atoms with Crippen molar-refractivity contribution in [2.24, 2.45) is 5.92 Å². The van der Waals surface area contributed by atoms with E-state index >= 15 is 0 Å². The fourth-order valence-corrected chi connectivity index (χ4v) is 3.54. The highest BCUT2D eigenvalue weighted by Crippen LogP contribution is 2.17. The van der Waals surface area contributed by atoms with Gasteiger partial charge in [0, 0.05) is 44.3 Å². The minimum Gasteiger partial charge on any atom is -0.326 e. The Labute approximate surface area is 145 Å². The molecule has 2 N–H and O–H groups in total. The number of benzene rings is 1. The standard InChI is InChI=1S/C19H30N4O/c1-2-22-11-13-23(14-12-22)15-16-3-5-18(6-4-16)21-19(24)17-7-9-20-10-8-17/h3-6,17,20H,2,7-15H2,1H3,(H,21,24). The highest BCUT2D eigenvalue weighted by molar-refractivity contribution is 5.92. The van der Waals surface area contributed by atoms with Crippen molar-refractivity contribution in [1.29, 1.82) is 0 Å². The molecule has 5 heteroatoms. The van der Waals surface area contributed by atoms with Crippen LogP contribution in [0.5, 0.6) is 0 Å². The lowest BCUT2D eigenvalue weighted by Gasteiger charge is -2.34. The summed E-state index contributed by atoms with van der Waals surface area (Å²) in [5.74, 6) is 0.320. The van der Waals surface area contributed by atoms with Gasteiger partial charge in [0.1, 0.15) is 0 Å². The van der Waals surface area contributed by atoms with Crippen molar-refractivity contribution in [1.82, 2.24) is 15.1 Å². The Morgan fingerprint density at radius 1 is 1.08 bits per heavy atom. The van der Waals surface area contributed by atoms with E-state index in [-0.39, 0.29) is 11.8 Å². The SMILES string of the molecule is CCN1CCN(Cc2ccc(NC(=O)C3CCNCC3)cc2)CC1. The Morgan fingerprint density at radius 2 is 1.71 bits per heavy atom. The molecule has 0 spiro atoms. The predicted octanol–water partition coefficient (Wildman–Crippen LogP) is 1.76. The molecular weight excluding hydrogens is 300 g/mol. The molecule has 24 heavy (non-hydrogen) atoms. The third-order valence-corrected chi connectivity index (χ3v) is 5.25. The van der Waals surface area contributed by atoms with E-state index in [1.54, 1.807) is 0 Å². The van der Waals surface area contributed by atoms with Crippen LogP contribution in [-0.4, -0.2) is 61.5 Å². The normalized spacial score (nSPS) is 20.9. The molecule has 1 aromatic rings. The molecular formula is C19H30N4O. The van der Waals surface area contributed by atoms with Crippen LogP contribution in [0.3, 0.4) is 0 Å². The van der Waals surface area contributed by atoms with Crippen LogP contribution in [0.25, 0.3) is 0 Å². The molecule has 5 nitrogen and oxygen atoms in total. The summed E-state index contributed by atoms with van der Waals surface area (Å²) in [6.07, 6.45) is 1.88. The van der Waals surface area contributed by atoms with Crippen LogP contribution in [0, 0.1) is 5.92 Å². The summed E-state index contributed by atoms with van der Waals surface area (Å²) in [5.41, 5.74) is 2.23. The van der Waals surface area contributed by atoms with E-state index < -0.39 is 0 Å². The molecule has 1 aromatic carbocycles. The van der Waals surface area contributed by atoms with Crippen molar-refractivity contribution < 1.29 is 4.79 Å². The number of anilines is 1. The number of amides is 1. The molecule has 2 aliphatic rings. The predicted molar refractivity (Wildman–Crippen MR) is 98.1 cm³/mol. The Balaban J connectivity index is 1.47. The topological polar surface area (TPSA) is 47.6 Å². The van der Waals surface area contributed by atoms with Crippen molar-refractivity contribution in [3.8, 4) is 0 Å².